The van der Waals surface area contributed by atoms with E-state index in [0.29, 0.717) is 0 Å². The molecule has 0 rings (SSSR count). The predicted molar refractivity (Wildman–Crippen MR) is 88.0 cm³/mol. The first-order chi connectivity index (χ1) is 9.42. The monoisotopic (exact) mass is 304 g/mol. The fraction of sp³-hybridized carbons (Fsp3) is 1.00. The Kier molecular flexibility index (Phi) is 10.8. The second-order valence-corrected chi connectivity index (χ2v) is 8.37. The van der Waals surface area contributed by atoms with Crippen LogP contribution in [0.2, 0.25) is 6.04 Å². The Morgan fingerprint density at radius 2 is 1.05 bits per heavy atom. The van der Waals surface area contributed by atoms with Gasteiger partial charge in [-0.1, -0.05) is 34.1 Å². The van der Waals surface area contributed by atoms with E-state index >= 15 is 0 Å². The van der Waals surface area contributed by atoms with Crippen LogP contribution in [0.1, 0.15) is 80.6 Å². The lowest BCUT2D eigenvalue weighted by Crippen LogP contribution is -2.51. The smallest absolute Gasteiger partial charge is 0.371 e. The van der Waals surface area contributed by atoms with Gasteiger partial charge >= 0.3 is 8.80 Å². The van der Waals surface area contributed by atoms with Gasteiger partial charge < -0.3 is 13.3 Å². The molecule has 0 aromatic heterocycles. The largest absolute Gasteiger partial charge is 0.501 e. The first-order valence-corrected chi connectivity index (χ1v) is 10.4. The summed E-state index contributed by atoms with van der Waals surface area (Å²) in [4.78, 5) is 0. The zero-order valence-corrected chi connectivity index (χ0v) is 15.7. The molecule has 3 unspecified atom stereocenters. The molecule has 122 valence electrons. The lowest BCUT2D eigenvalue weighted by molar-refractivity contribution is -0.0111. The van der Waals surface area contributed by atoms with E-state index in [1.54, 1.807) is 0 Å². The van der Waals surface area contributed by atoms with E-state index in [1.807, 2.05) is 0 Å². The van der Waals surface area contributed by atoms with E-state index in [0.717, 1.165) is 38.1 Å². The highest BCUT2D eigenvalue weighted by atomic mass is 28.4. The van der Waals surface area contributed by atoms with Gasteiger partial charge in [-0.05, 0) is 46.5 Å². The lowest BCUT2D eigenvalue weighted by atomic mass is 10.3. The van der Waals surface area contributed by atoms with Crippen molar-refractivity contribution in [2.75, 3.05) is 0 Å². The molecule has 0 saturated carbocycles. The molecule has 4 heteroatoms. The molecule has 0 amide bonds. The van der Waals surface area contributed by atoms with Gasteiger partial charge in [-0.2, -0.15) is 0 Å². The molecule has 0 aromatic rings. The van der Waals surface area contributed by atoms with Gasteiger partial charge in [0.1, 0.15) is 0 Å². The van der Waals surface area contributed by atoms with Gasteiger partial charge in [0, 0.05) is 24.4 Å². The van der Waals surface area contributed by atoms with E-state index < -0.39 is 8.80 Å². The third-order valence-electron chi connectivity index (χ3n) is 3.70. The van der Waals surface area contributed by atoms with Crippen LogP contribution in [0.5, 0.6) is 0 Å². The molecule has 0 fully saturated rings. The van der Waals surface area contributed by atoms with E-state index in [1.165, 1.54) is 0 Å². The Morgan fingerprint density at radius 1 is 0.700 bits per heavy atom. The quantitative estimate of drug-likeness (QED) is 0.465. The highest BCUT2D eigenvalue weighted by Gasteiger charge is 2.44. The first-order valence-electron chi connectivity index (χ1n) is 8.46. The minimum absolute atomic E-state index is 0.201. The molecule has 0 N–H and O–H groups in total. The summed E-state index contributed by atoms with van der Waals surface area (Å²) in [6.45, 7) is 15.0. The maximum Gasteiger partial charge on any atom is 0.501 e. The van der Waals surface area contributed by atoms with Crippen LogP contribution in [0.4, 0.5) is 0 Å². The fourth-order valence-corrected chi connectivity index (χ4v) is 5.47. The summed E-state index contributed by atoms with van der Waals surface area (Å²) in [5.41, 5.74) is 0. The van der Waals surface area contributed by atoms with E-state index in [4.69, 9.17) is 13.3 Å². The van der Waals surface area contributed by atoms with Crippen molar-refractivity contribution in [2.24, 2.45) is 0 Å². The van der Waals surface area contributed by atoms with Crippen LogP contribution in [-0.2, 0) is 13.3 Å². The minimum atomic E-state index is -2.57. The lowest BCUT2D eigenvalue weighted by Gasteiger charge is -2.36. The molecule has 0 heterocycles. The molecule has 0 spiro atoms. The summed E-state index contributed by atoms with van der Waals surface area (Å²) >= 11 is 0. The number of hydrogen-bond acceptors (Lipinski definition) is 3. The van der Waals surface area contributed by atoms with Crippen LogP contribution in [-0.4, -0.2) is 27.1 Å². The molecule has 0 aliphatic carbocycles. The Labute approximate surface area is 127 Å². The average Bonchev–Trinajstić information content (AvgIpc) is 2.44. The van der Waals surface area contributed by atoms with Crippen LogP contribution in [0.25, 0.3) is 0 Å². The normalized spacial score (nSPS) is 19.4. The number of rotatable bonds is 12. The first kappa shape index (κ1) is 20.1. The van der Waals surface area contributed by atoms with Gasteiger partial charge in [-0.3, -0.25) is 0 Å². The number of unbranched alkanes of at least 4 members (excludes halogenated alkanes) is 1. The minimum Gasteiger partial charge on any atom is -0.371 e. The molecule has 0 saturated heterocycles. The van der Waals surface area contributed by atoms with Gasteiger partial charge in [0.2, 0.25) is 0 Å². The third-order valence-corrected chi connectivity index (χ3v) is 6.95. The highest BCUT2D eigenvalue weighted by Crippen LogP contribution is 2.26. The van der Waals surface area contributed by atoms with Crippen LogP contribution in [0.3, 0.4) is 0 Å². The van der Waals surface area contributed by atoms with Crippen LogP contribution >= 0.6 is 0 Å². The Balaban J connectivity index is 5.03. The molecule has 0 aromatic carbocycles. The summed E-state index contributed by atoms with van der Waals surface area (Å²) < 4.78 is 19.0. The van der Waals surface area contributed by atoms with E-state index in [-0.39, 0.29) is 18.3 Å². The SMILES string of the molecule is CCCC[Si](OC(C)CC)(OC(C)CC)OC(C)CC. The second kappa shape index (κ2) is 10.8. The number of hydrogen-bond donors (Lipinski definition) is 0. The van der Waals surface area contributed by atoms with Gasteiger partial charge in [-0.15, -0.1) is 0 Å². The van der Waals surface area contributed by atoms with Crippen molar-refractivity contribution in [1.82, 2.24) is 0 Å². The van der Waals surface area contributed by atoms with Crippen molar-refractivity contribution in [3.8, 4) is 0 Å². The molecular weight excluding hydrogens is 268 g/mol. The predicted octanol–water partition coefficient (Wildman–Crippen LogP) is 5.17. The van der Waals surface area contributed by atoms with Gasteiger partial charge in [0.15, 0.2) is 0 Å². The maximum atomic E-state index is 6.33. The summed E-state index contributed by atoms with van der Waals surface area (Å²) in [7, 11) is -2.57. The second-order valence-electron chi connectivity index (χ2n) is 5.80. The van der Waals surface area contributed by atoms with Crippen LogP contribution < -0.4 is 0 Å². The van der Waals surface area contributed by atoms with Crippen LogP contribution in [0.15, 0.2) is 0 Å². The molecule has 20 heavy (non-hydrogen) atoms. The van der Waals surface area contributed by atoms with Crippen molar-refractivity contribution in [3.63, 3.8) is 0 Å². The zero-order chi connectivity index (χ0) is 15.6. The van der Waals surface area contributed by atoms with Gasteiger partial charge in [-0.25, -0.2) is 0 Å². The molecule has 0 radical (unpaired) electrons. The van der Waals surface area contributed by atoms with E-state index in [2.05, 4.69) is 48.5 Å². The van der Waals surface area contributed by atoms with Gasteiger partial charge in [0.25, 0.3) is 0 Å². The molecule has 0 aliphatic heterocycles. The van der Waals surface area contributed by atoms with Crippen LogP contribution in [0, 0.1) is 0 Å². The van der Waals surface area contributed by atoms with Crippen molar-refractivity contribution in [3.05, 3.63) is 0 Å². The molecule has 3 nitrogen and oxygen atoms in total. The molecule has 3 atom stereocenters. The molecule has 0 bridgehead atoms. The Bertz CT molecular complexity index is 204. The summed E-state index contributed by atoms with van der Waals surface area (Å²) in [5, 5.41) is 0. The fourth-order valence-electron chi connectivity index (χ4n) is 1.82. The maximum absolute atomic E-state index is 6.33. The Morgan fingerprint density at radius 3 is 1.30 bits per heavy atom. The third kappa shape index (κ3) is 7.77. The molecule has 0 aliphatic rings. The Hall–Kier alpha value is 0.0969. The average molecular weight is 305 g/mol. The molecular formula is C16H36O3Si. The van der Waals surface area contributed by atoms with E-state index in [9.17, 15) is 0 Å². The van der Waals surface area contributed by atoms with Gasteiger partial charge in [0.05, 0.1) is 0 Å². The summed E-state index contributed by atoms with van der Waals surface area (Å²) in [6, 6.07) is 0.933. The highest BCUT2D eigenvalue weighted by molar-refractivity contribution is 6.60. The zero-order valence-electron chi connectivity index (χ0n) is 14.7. The topological polar surface area (TPSA) is 27.7 Å². The standard InChI is InChI=1S/C16H36O3Si/c1-8-12-13-20(17-14(5)9-2,18-15(6)10-3)19-16(7)11-4/h14-16H,8-13H2,1-7H3. The summed E-state index contributed by atoms with van der Waals surface area (Å²) in [6.07, 6.45) is 5.84. The van der Waals surface area contributed by atoms with Crippen molar-refractivity contribution in [2.45, 2.75) is 105 Å². The van der Waals surface area contributed by atoms with Crippen molar-refractivity contribution >= 4 is 8.80 Å². The summed E-state index contributed by atoms with van der Waals surface area (Å²) in [5.74, 6) is 0. The van der Waals surface area contributed by atoms with Crippen molar-refractivity contribution < 1.29 is 13.3 Å². The van der Waals surface area contributed by atoms with Crippen molar-refractivity contribution in [1.29, 1.82) is 0 Å².